The van der Waals surface area contributed by atoms with Crippen LogP contribution in [-0.2, 0) is 9.59 Å². The molecule has 0 aliphatic heterocycles. The largest absolute Gasteiger partial charge is 0.395 e. The zero-order valence-corrected chi connectivity index (χ0v) is 8.33. The molecule has 1 unspecified atom stereocenters. The van der Waals surface area contributed by atoms with E-state index in [-0.39, 0.29) is 6.42 Å². The van der Waals surface area contributed by atoms with Crippen molar-refractivity contribution in [2.45, 2.75) is 31.9 Å². The third-order valence-electron chi connectivity index (χ3n) is 1.77. The second-order valence-corrected chi connectivity index (χ2v) is 2.94. The topological polar surface area (TPSA) is 123 Å². The van der Waals surface area contributed by atoms with Gasteiger partial charge in [0.2, 0.25) is 11.6 Å². The van der Waals surface area contributed by atoms with Crippen molar-refractivity contribution in [1.82, 2.24) is 0 Å². The first-order chi connectivity index (χ1) is 7.08. The van der Waals surface area contributed by atoms with Gasteiger partial charge in [-0.15, -0.1) is 0 Å². The van der Waals surface area contributed by atoms with Gasteiger partial charge in [0.1, 0.15) is 12.1 Å². The molecule has 7 nitrogen and oxygen atoms in total. The quantitative estimate of drug-likeness (QED) is 0.267. The minimum absolute atomic E-state index is 0.166. The molecular weight excluding hydrogens is 202 g/mol. The summed E-state index contributed by atoms with van der Waals surface area (Å²) in [5.74, 6) is -2.08. The monoisotopic (exact) mass is 215 g/mol. The zero-order chi connectivity index (χ0) is 11.8. The Morgan fingerprint density at radius 1 is 1.47 bits per heavy atom. The Kier molecular flexibility index (Phi) is 6.28. The Bertz CT molecular complexity index is 286. The number of Topliss-reactive ketones (excluding diaryl/α,β-unsaturated/α-hetero) is 2. The maximum atomic E-state index is 11.2. The summed E-state index contributed by atoms with van der Waals surface area (Å²) in [6, 6.07) is -1.44. The van der Waals surface area contributed by atoms with Crippen molar-refractivity contribution in [3.05, 3.63) is 10.4 Å². The van der Waals surface area contributed by atoms with Crippen LogP contribution in [0.1, 0.15) is 19.8 Å². The highest BCUT2D eigenvalue weighted by Gasteiger charge is 2.28. The molecule has 0 heterocycles. The lowest BCUT2D eigenvalue weighted by Crippen LogP contribution is -2.36. The first kappa shape index (κ1) is 13.6. The van der Waals surface area contributed by atoms with E-state index in [4.69, 9.17) is 10.6 Å². The van der Waals surface area contributed by atoms with Crippen LogP contribution >= 0.6 is 0 Å². The minimum atomic E-state index is -1.44. The average molecular weight is 215 g/mol. The van der Waals surface area contributed by atoms with E-state index in [1.165, 1.54) is 0 Å². The maximum absolute atomic E-state index is 11.2. The third kappa shape index (κ3) is 4.07. The number of aliphatic hydroxyl groups excluding tert-OH is 2. The van der Waals surface area contributed by atoms with Gasteiger partial charge in [0.25, 0.3) is 0 Å². The molecule has 0 aromatic rings. The van der Waals surface area contributed by atoms with Crippen molar-refractivity contribution >= 4 is 11.6 Å². The summed E-state index contributed by atoms with van der Waals surface area (Å²) in [5, 5.41) is 20.8. The molecule has 2 N–H and O–H groups in total. The van der Waals surface area contributed by atoms with Crippen LogP contribution in [0.3, 0.4) is 0 Å². The molecule has 0 bridgehead atoms. The smallest absolute Gasteiger partial charge is 0.227 e. The molecule has 0 radical (unpaired) electrons. The molecule has 0 spiro atoms. The van der Waals surface area contributed by atoms with Gasteiger partial charge in [0.15, 0.2) is 0 Å². The fourth-order valence-electron chi connectivity index (χ4n) is 0.967. The molecule has 0 rings (SSSR count). The standard InChI is InChI=1S/C8H13N3O4/c1-2-3-6(13)8(15)7(14)5(4-12)10-11-9/h5-6,12-13H,2-4H2,1H3/t5-,6?/m0/s1. The summed E-state index contributed by atoms with van der Waals surface area (Å²) in [4.78, 5) is 24.8. The fourth-order valence-corrected chi connectivity index (χ4v) is 0.967. The maximum Gasteiger partial charge on any atom is 0.227 e. The predicted molar refractivity (Wildman–Crippen MR) is 50.9 cm³/mol. The SMILES string of the molecule is CCCC(O)C(=O)C(=O)[C@H](CO)N=[N+]=[N-]. The first-order valence-corrected chi connectivity index (χ1v) is 4.49. The summed E-state index contributed by atoms with van der Waals surface area (Å²) in [6.07, 6.45) is -0.671. The van der Waals surface area contributed by atoms with E-state index in [1.54, 1.807) is 6.92 Å². The van der Waals surface area contributed by atoms with Crippen molar-refractivity contribution in [2.75, 3.05) is 6.61 Å². The molecule has 0 aromatic heterocycles. The van der Waals surface area contributed by atoms with Gasteiger partial charge in [0.05, 0.1) is 6.61 Å². The van der Waals surface area contributed by atoms with Gasteiger partial charge in [-0.2, -0.15) is 0 Å². The Morgan fingerprint density at radius 2 is 2.07 bits per heavy atom. The summed E-state index contributed by atoms with van der Waals surface area (Å²) < 4.78 is 0. The van der Waals surface area contributed by atoms with E-state index in [0.717, 1.165) is 0 Å². The molecule has 84 valence electrons. The van der Waals surface area contributed by atoms with Crippen LogP contribution in [0, 0.1) is 0 Å². The highest BCUT2D eigenvalue weighted by atomic mass is 16.3. The number of carbonyl (C=O) groups is 2. The summed E-state index contributed by atoms with van der Waals surface area (Å²) in [6.45, 7) is 1.01. The third-order valence-corrected chi connectivity index (χ3v) is 1.77. The van der Waals surface area contributed by atoms with Gasteiger partial charge in [-0.1, -0.05) is 18.5 Å². The van der Waals surface area contributed by atoms with Crippen molar-refractivity contribution < 1.29 is 19.8 Å². The Balaban J connectivity index is 4.54. The van der Waals surface area contributed by atoms with Crippen molar-refractivity contribution in [3.63, 3.8) is 0 Å². The fraction of sp³-hybridized carbons (Fsp3) is 0.750. The van der Waals surface area contributed by atoms with Gasteiger partial charge < -0.3 is 10.2 Å². The van der Waals surface area contributed by atoms with Crippen molar-refractivity contribution in [1.29, 1.82) is 0 Å². The van der Waals surface area contributed by atoms with E-state index < -0.39 is 30.3 Å². The molecule has 0 saturated heterocycles. The van der Waals surface area contributed by atoms with Crippen LogP contribution in [0.4, 0.5) is 0 Å². The number of aliphatic hydroxyl groups is 2. The second kappa shape index (κ2) is 6.94. The molecule has 0 saturated carbocycles. The lowest BCUT2D eigenvalue weighted by Gasteiger charge is -2.09. The van der Waals surface area contributed by atoms with Gasteiger partial charge in [0, 0.05) is 4.91 Å². The van der Waals surface area contributed by atoms with Crippen molar-refractivity contribution in [3.8, 4) is 0 Å². The summed E-state index contributed by atoms with van der Waals surface area (Å²) in [5.41, 5.74) is 8.06. The molecule has 0 aliphatic carbocycles. The number of carbonyl (C=O) groups excluding carboxylic acids is 2. The molecule has 15 heavy (non-hydrogen) atoms. The van der Waals surface area contributed by atoms with Crippen LogP contribution in [-0.4, -0.2) is 40.5 Å². The average Bonchev–Trinajstić information content (AvgIpc) is 2.24. The summed E-state index contributed by atoms with van der Waals surface area (Å²) in [7, 11) is 0. The Labute approximate surface area is 86.3 Å². The van der Waals surface area contributed by atoms with Crippen LogP contribution in [0.15, 0.2) is 5.11 Å². The second-order valence-electron chi connectivity index (χ2n) is 2.94. The van der Waals surface area contributed by atoms with E-state index in [0.29, 0.717) is 6.42 Å². The Morgan fingerprint density at radius 3 is 2.47 bits per heavy atom. The van der Waals surface area contributed by atoms with Gasteiger partial charge in [-0.25, -0.2) is 0 Å². The first-order valence-electron chi connectivity index (χ1n) is 4.49. The molecule has 0 fully saturated rings. The predicted octanol–water partition coefficient (Wildman–Crippen LogP) is -0.0432. The minimum Gasteiger partial charge on any atom is -0.395 e. The molecule has 0 aliphatic rings. The van der Waals surface area contributed by atoms with E-state index in [2.05, 4.69) is 10.0 Å². The number of hydrogen-bond acceptors (Lipinski definition) is 5. The van der Waals surface area contributed by atoms with Gasteiger partial charge >= 0.3 is 0 Å². The van der Waals surface area contributed by atoms with Gasteiger partial charge in [-0.05, 0) is 12.0 Å². The lowest BCUT2D eigenvalue weighted by atomic mass is 10.0. The number of hydrogen-bond donors (Lipinski definition) is 2. The zero-order valence-electron chi connectivity index (χ0n) is 8.33. The number of nitrogens with zero attached hydrogens (tertiary/aromatic N) is 3. The molecular formula is C8H13N3O4. The van der Waals surface area contributed by atoms with Crippen molar-refractivity contribution in [2.24, 2.45) is 5.11 Å². The van der Waals surface area contributed by atoms with E-state index in [9.17, 15) is 14.7 Å². The number of rotatable bonds is 7. The van der Waals surface area contributed by atoms with E-state index in [1.807, 2.05) is 0 Å². The molecule has 0 aromatic carbocycles. The molecule has 0 amide bonds. The Hall–Kier alpha value is -1.43. The summed E-state index contributed by atoms with van der Waals surface area (Å²) >= 11 is 0. The van der Waals surface area contributed by atoms with Crippen LogP contribution in [0.5, 0.6) is 0 Å². The van der Waals surface area contributed by atoms with Crippen LogP contribution < -0.4 is 0 Å². The van der Waals surface area contributed by atoms with Crippen LogP contribution in [0.25, 0.3) is 10.4 Å². The lowest BCUT2D eigenvalue weighted by molar-refractivity contribution is -0.142. The molecule has 7 heteroatoms. The van der Waals surface area contributed by atoms with Gasteiger partial charge in [-0.3, -0.25) is 9.59 Å². The normalized spacial score (nSPS) is 13.8. The van der Waals surface area contributed by atoms with E-state index >= 15 is 0 Å². The molecule has 2 atom stereocenters. The number of ketones is 2. The van der Waals surface area contributed by atoms with Crippen LogP contribution in [0.2, 0.25) is 0 Å². The number of azide groups is 1. The highest BCUT2D eigenvalue weighted by molar-refractivity contribution is 6.40. The highest BCUT2D eigenvalue weighted by Crippen LogP contribution is 2.02.